The van der Waals surface area contributed by atoms with Gasteiger partial charge < -0.3 is 36.4 Å². The van der Waals surface area contributed by atoms with Crippen LogP contribution in [0.15, 0.2) is 130 Å². The number of thiol groups is 1. The van der Waals surface area contributed by atoms with E-state index in [1.54, 1.807) is 65.0 Å². The predicted molar refractivity (Wildman–Crippen MR) is 444 cm³/mol. The van der Waals surface area contributed by atoms with Crippen molar-refractivity contribution in [3.05, 3.63) is 172 Å². The van der Waals surface area contributed by atoms with Crippen LogP contribution in [0, 0.1) is 44.4 Å². The zero-order valence-electron chi connectivity index (χ0n) is 60.1. The second-order valence-electron chi connectivity index (χ2n) is 28.1. The number of carbonyl (C=O) groups is 2. The molecule has 5 N–H and O–H groups in total. The standard InChI is InChI=1S/C25H27FN4OS2.C15H16ClFN4S.C11H11Cl2FN2.C10H12OS.C6H10FN.C5H2Cl3N.C4H6N2S.ClH/c1-3-20(31)10-17-4-8-21(9-5-17)33-23-12-19(30-14-25(26,15-30)18-6-7-18)11-22(28-23)29-24-27-13-16(2)32-24;1-9-6-18-14(22-9)20-13-5-11(4-12(16)19-13)21-7-15(17,8-21)10-2-3-10;12-9-3-8(4-10(13)15-9)16-5-11(14,6-16)7-1-2-7;1-2-9(11)7-8-3-5-10(12)6-4-8;7-6(3-8-4-6)5-1-2-5;6-3-1-4(7)9-5(8)2-3;1-3-2-6-4(5)7-3;/h4-5,8-9,11-13,18H,3,6-7,10,14-15H2,1-2H3,(H,27,28,29);4-6,10H,2-3,7-8H2,1H3,(H,18,19,20);3-4,7H,1-2,5-6H2;3-6,12H,2,7H2,1H3;5,8H,1-4H2;1-2H;2H,1H3,(H2,5,6);1H. The van der Waals surface area contributed by atoms with Crippen LogP contribution in [0.25, 0.3) is 0 Å². The molecular formula is C76H85Cl7F4N14O2S5. The number of anilines is 8. The average Bonchev–Trinajstić information content (AvgIpc) is 1.66. The van der Waals surface area contributed by atoms with Crippen molar-refractivity contribution in [2.45, 2.75) is 149 Å². The molecule has 11 heterocycles. The van der Waals surface area contributed by atoms with Gasteiger partial charge >= 0.3 is 0 Å². The number of benzene rings is 2. The maximum Gasteiger partial charge on any atom is 0.188 e. The number of alkyl halides is 4. The number of aryl methyl sites for hydroxylation is 3. The monoisotopic (exact) mass is 1710 g/mol. The number of nitrogens with one attached hydrogen (secondary N) is 3. The normalized spacial score (nSPS) is 17.7. The molecule has 0 unspecified atom stereocenters. The third kappa shape index (κ3) is 25.0. The number of ketones is 2. The first-order valence-electron chi connectivity index (χ1n) is 35.4. The Morgan fingerprint density at radius 1 is 0.519 bits per heavy atom. The molecule has 0 radical (unpaired) electrons. The van der Waals surface area contributed by atoms with Gasteiger partial charge in [-0.3, -0.25) is 9.59 Å². The molecule has 16 nitrogen and oxygen atoms in total. The van der Waals surface area contributed by atoms with Crippen LogP contribution in [0.3, 0.4) is 0 Å². The molecule has 4 saturated carbocycles. The third-order valence-electron chi connectivity index (χ3n) is 19.0. The molecule has 4 aliphatic carbocycles. The zero-order valence-corrected chi connectivity index (χ0v) is 69.6. The highest BCUT2D eigenvalue weighted by atomic mass is 35.5. The summed E-state index contributed by atoms with van der Waals surface area (Å²) in [5, 5.41) is 14.7. The number of aromatic nitrogens is 7. The Labute approximate surface area is 686 Å². The number of thiazole rings is 3. The average molecular weight is 1710 g/mol. The van der Waals surface area contributed by atoms with Gasteiger partial charge in [0.2, 0.25) is 0 Å². The molecule has 4 saturated heterocycles. The Balaban J connectivity index is 0.000000144. The summed E-state index contributed by atoms with van der Waals surface area (Å²) in [6.45, 7) is 13.7. The minimum atomic E-state index is -1.04. The van der Waals surface area contributed by atoms with Crippen molar-refractivity contribution in [1.29, 1.82) is 0 Å². The molecule has 0 spiro atoms. The molecule has 32 heteroatoms. The lowest BCUT2D eigenvalue weighted by Gasteiger charge is -2.46. The fraction of sp³-hybridized carbons (Fsp3) is 0.434. The molecule has 8 fully saturated rings. The van der Waals surface area contributed by atoms with Crippen LogP contribution in [0.5, 0.6) is 0 Å². The number of hydrogen-bond acceptors (Lipinski definition) is 21. The van der Waals surface area contributed by atoms with Crippen molar-refractivity contribution in [2.24, 2.45) is 23.7 Å². The van der Waals surface area contributed by atoms with E-state index in [4.69, 9.17) is 80.3 Å². The van der Waals surface area contributed by atoms with Crippen molar-refractivity contribution in [1.82, 2.24) is 40.2 Å². The number of nitrogen functional groups attached to an aromatic ring is 1. The SMILES string of the molecule is CCC(=O)Cc1ccc(S)cc1.CCC(=O)Cc1ccc(Sc2cc(N3CC(F)(C4CC4)C3)cc(Nc3ncc(C)s3)n2)cc1.Cc1cnc(N)s1.Cc1cnc(Nc2cc(N3CC(F)(C4CC4)C3)cc(Cl)n2)s1.Cl.Clc1cc(Cl)nc(Cl)c1.FC1(C2CC2)CN(c2cc(Cl)nc(Cl)c2)C1.FC1(C2CC2)CNC1. The summed E-state index contributed by atoms with van der Waals surface area (Å²) in [5.41, 5.74) is 6.31. The Bertz CT molecular complexity index is 4410. The Hall–Kier alpha value is -5.52. The summed E-state index contributed by atoms with van der Waals surface area (Å²) in [4.78, 5) is 63.3. The van der Waals surface area contributed by atoms with Gasteiger partial charge in [0.05, 0.1) is 39.3 Å². The summed E-state index contributed by atoms with van der Waals surface area (Å²) in [6.07, 6.45) is 16.0. The van der Waals surface area contributed by atoms with Crippen molar-refractivity contribution < 1.29 is 27.2 Å². The first-order valence-corrected chi connectivity index (χ1v) is 41.3. The van der Waals surface area contributed by atoms with Gasteiger partial charge in [0.25, 0.3) is 0 Å². The number of carbonyl (C=O) groups excluding carboxylic acids is 2. The van der Waals surface area contributed by atoms with E-state index >= 15 is 0 Å². The van der Waals surface area contributed by atoms with Crippen molar-refractivity contribution in [3.63, 3.8) is 0 Å². The van der Waals surface area contributed by atoms with Crippen molar-refractivity contribution >= 4 is 196 Å². The lowest BCUT2D eigenvalue weighted by atomic mass is 9.90. The molecule has 578 valence electrons. The molecule has 4 aliphatic heterocycles. The number of nitrogens with two attached hydrogens (primary N) is 1. The fourth-order valence-corrected chi connectivity index (χ4v) is 16.6. The van der Waals surface area contributed by atoms with Gasteiger partial charge in [0, 0.05) is 116 Å². The summed E-state index contributed by atoms with van der Waals surface area (Å²) in [6, 6.07) is 29.9. The van der Waals surface area contributed by atoms with E-state index in [-0.39, 0.29) is 41.7 Å². The van der Waals surface area contributed by atoms with Crippen LogP contribution in [0.1, 0.15) is 104 Å². The molecule has 2 aromatic carbocycles. The van der Waals surface area contributed by atoms with Gasteiger partial charge in [-0.25, -0.2) is 52.4 Å². The van der Waals surface area contributed by atoms with E-state index in [9.17, 15) is 27.2 Å². The summed E-state index contributed by atoms with van der Waals surface area (Å²) >= 11 is 44.6. The van der Waals surface area contributed by atoms with E-state index in [0.29, 0.717) is 132 Å². The van der Waals surface area contributed by atoms with Gasteiger partial charge in [-0.1, -0.05) is 119 Å². The molecule has 0 atom stereocenters. The summed E-state index contributed by atoms with van der Waals surface area (Å²) < 4.78 is 56.6. The quantitative estimate of drug-likeness (QED) is 0.0291. The van der Waals surface area contributed by atoms with Crippen LogP contribution in [0.2, 0.25) is 30.8 Å². The van der Waals surface area contributed by atoms with Crippen LogP contribution >= 0.6 is 140 Å². The predicted octanol–water partition coefficient (Wildman–Crippen LogP) is 21.4. The van der Waals surface area contributed by atoms with Crippen molar-refractivity contribution in [3.8, 4) is 0 Å². The van der Waals surface area contributed by atoms with Crippen LogP contribution in [-0.2, 0) is 22.4 Å². The Morgan fingerprint density at radius 2 is 0.880 bits per heavy atom. The summed E-state index contributed by atoms with van der Waals surface area (Å²) in [7, 11) is 0. The van der Waals surface area contributed by atoms with E-state index in [0.717, 1.165) is 119 Å². The van der Waals surface area contributed by atoms with E-state index in [1.807, 2.05) is 117 Å². The molecule has 0 amide bonds. The number of rotatable bonds is 19. The van der Waals surface area contributed by atoms with Crippen LogP contribution in [-0.4, -0.2) is 121 Å². The zero-order chi connectivity index (χ0) is 76.4. The smallest absolute Gasteiger partial charge is 0.188 e. The van der Waals surface area contributed by atoms with E-state index in [1.165, 1.54) is 23.5 Å². The van der Waals surface area contributed by atoms with Gasteiger partial charge in [0.15, 0.2) is 15.4 Å². The second kappa shape index (κ2) is 37.9. The molecule has 8 aliphatic rings. The molecule has 0 bridgehead atoms. The third-order valence-corrected chi connectivity index (χ3v) is 23.8. The maximum absolute atomic E-state index is 15.0. The lowest BCUT2D eigenvalue weighted by molar-refractivity contribution is -0.118. The molecule has 7 aromatic heterocycles. The first kappa shape index (κ1) is 84.9. The topological polar surface area (TPSA) is 196 Å². The summed E-state index contributed by atoms with van der Waals surface area (Å²) in [5.74, 6) is 3.05. The number of hydrogen-bond donors (Lipinski definition) is 5. The highest BCUT2D eigenvalue weighted by Crippen LogP contribution is 2.52. The van der Waals surface area contributed by atoms with Gasteiger partial charge in [-0.2, -0.15) is 0 Å². The lowest BCUT2D eigenvalue weighted by Crippen LogP contribution is -2.60. The minimum absolute atomic E-state index is 0. The van der Waals surface area contributed by atoms with E-state index < -0.39 is 22.7 Å². The largest absolute Gasteiger partial charge is 0.375 e. The van der Waals surface area contributed by atoms with Crippen LogP contribution < -0.4 is 36.4 Å². The second-order valence-corrected chi connectivity index (χ2v) is 35.8. The van der Waals surface area contributed by atoms with Gasteiger partial charge in [-0.15, -0.1) is 59.0 Å². The minimum Gasteiger partial charge on any atom is -0.375 e. The molecule has 17 rings (SSSR count). The number of nitrogens with zero attached hydrogens (tertiary/aromatic N) is 10. The molecule has 108 heavy (non-hydrogen) atoms. The number of Topliss-reactive ketones (excluding diaryl/α,β-unsaturated/α-hetero) is 2. The maximum atomic E-state index is 15.0. The number of halogens is 11. The van der Waals surface area contributed by atoms with Crippen LogP contribution in [0.4, 0.5) is 61.7 Å². The molecule has 9 aromatic rings. The van der Waals surface area contributed by atoms with Gasteiger partial charge in [-0.05, 0) is 168 Å². The highest BCUT2D eigenvalue weighted by molar-refractivity contribution is 7.99. The van der Waals surface area contributed by atoms with Crippen molar-refractivity contribution in [2.75, 3.05) is 83.4 Å². The molecular weight excluding hydrogens is 1630 g/mol. The Morgan fingerprint density at radius 3 is 1.21 bits per heavy atom. The highest BCUT2D eigenvalue weighted by Gasteiger charge is 2.56. The Kier molecular flexibility index (Phi) is 29.8. The fourth-order valence-electron chi connectivity index (χ4n) is 12.3. The van der Waals surface area contributed by atoms with E-state index in [2.05, 4.69) is 63.4 Å². The van der Waals surface area contributed by atoms with Gasteiger partial charge in [0.1, 0.15) is 76.7 Å². The number of pyridine rings is 4. The first-order chi connectivity index (χ1) is 51.0.